The molecule has 0 aliphatic heterocycles. The van der Waals surface area contributed by atoms with Crippen molar-refractivity contribution in [3.05, 3.63) is 37.4 Å². The predicted molar refractivity (Wildman–Crippen MR) is 95.0 cm³/mol. The highest BCUT2D eigenvalue weighted by Crippen LogP contribution is 2.07. The lowest BCUT2D eigenvalue weighted by Gasteiger charge is -2.25. The highest BCUT2D eigenvalue weighted by molar-refractivity contribution is 7.36. The second-order valence-corrected chi connectivity index (χ2v) is 6.56. The summed E-state index contributed by atoms with van der Waals surface area (Å²) in [5.74, 6) is 0. The number of aromatic nitrogens is 4. The van der Waals surface area contributed by atoms with E-state index in [0.29, 0.717) is 0 Å². The van der Waals surface area contributed by atoms with Crippen LogP contribution in [0.25, 0.3) is 0 Å². The van der Waals surface area contributed by atoms with Crippen molar-refractivity contribution < 1.29 is 23.4 Å². The summed E-state index contributed by atoms with van der Waals surface area (Å²) in [4.78, 5) is 18.4. The van der Waals surface area contributed by atoms with Crippen LogP contribution in [0.5, 0.6) is 0 Å². The lowest BCUT2D eigenvalue weighted by atomic mass is 10.3. The zero-order valence-electron chi connectivity index (χ0n) is 16.2. The number of hydrogen-bond acceptors (Lipinski definition) is 3. The first-order valence-electron chi connectivity index (χ1n) is 8.63. The molecule has 0 aromatic carbocycles. The van der Waals surface area contributed by atoms with Crippen LogP contribution in [-0.2, 0) is 31.7 Å². The molecule has 0 fully saturated rings. The molecule has 0 saturated carbocycles. The van der Waals surface area contributed by atoms with Crippen LogP contribution in [0, 0.1) is 0 Å². The number of hydrogen-bond donors (Lipinski definition) is 0. The Morgan fingerprint density at radius 3 is 1.44 bits per heavy atom. The normalized spacial score (nSPS) is 10.1. The van der Waals surface area contributed by atoms with Gasteiger partial charge in [0.1, 0.15) is 24.8 Å². The highest BCUT2D eigenvalue weighted by atomic mass is 31.2. The molecule has 0 radical (unpaired) electrons. The maximum Gasteiger partial charge on any atom is 0.243 e. The van der Waals surface area contributed by atoms with Gasteiger partial charge in [0.05, 0.1) is 27.2 Å². The van der Waals surface area contributed by atoms with E-state index in [0.717, 1.165) is 20.2 Å². The molecule has 144 valence electrons. The number of rotatable bonds is 7. The molecule has 2 aromatic heterocycles. The number of aryl methyl sites for hydroxylation is 4. The standard InChI is InChI=1S/2C8H15N2.CH3O3P/c2*1-3-4-5-10-7-6-9(2)8-10;1-4-5(2)3/h2*6-8H,3-5H2,1-2H3;1H3/q2*+1;-2. The molecular weight excluding hydrogens is 339 g/mol. The van der Waals surface area contributed by atoms with E-state index < -0.39 is 8.60 Å². The summed E-state index contributed by atoms with van der Waals surface area (Å²) in [6.07, 6.45) is 17.6. The van der Waals surface area contributed by atoms with Gasteiger partial charge in [-0.2, -0.15) is 8.60 Å². The Bertz CT molecular complexity index is 499. The third kappa shape index (κ3) is 13.7. The van der Waals surface area contributed by atoms with E-state index in [-0.39, 0.29) is 0 Å². The number of unbranched alkanes of at least 4 members (excludes halogenated alkanes) is 2. The zero-order valence-corrected chi connectivity index (χ0v) is 17.1. The van der Waals surface area contributed by atoms with Crippen LogP contribution in [0.4, 0.5) is 0 Å². The van der Waals surface area contributed by atoms with Gasteiger partial charge in [0.15, 0.2) is 0 Å². The number of imidazole rings is 2. The minimum absolute atomic E-state index is 1.10. The fourth-order valence-corrected chi connectivity index (χ4v) is 1.95. The quantitative estimate of drug-likeness (QED) is 0.533. The van der Waals surface area contributed by atoms with Crippen molar-refractivity contribution in [1.29, 1.82) is 0 Å². The molecule has 0 unspecified atom stereocenters. The van der Waals surface area contributed by atoms with Gasteiger partial charge in [-0.05, 0) is 12.8 Å². The Balaban J connectivity index is 0.000000368. The van der Waals surface area contributed by atoms with Crippen molar-refractivity contribution in [1.82, 2.24) is 9.13 Å². The highest BCUT2D eigenvalue weighted by Gasteiger charge is 1.97. The fourth-order valence-electron chi connectivity index (χ4n) is 1.95. The Labute approximate surface area is 153 Å². The molecule has 0 aliphatic rings. The van der Waals surface area contributed by atoms with Crippen LogP contribution in [0.15, 0.2) is 37.4 Å². The molecule has 0 bridgehead atoms. The van der Waals surface area contributed by atoms with Crippen molar-refractivity contribution in [2.75, 3.05) is 7.11 Å². The lowest BCUT2D eigenvalue weighted by molar-refractivity contribution is -0.671. The second-order valence-electron chi connectivity index (χ2n) is 5.75. The summed E-state index contributed by atoms with van der Waals surface area (Å²) in [5.41, 5.74) is 0. The summed E-state index contributed by atoms with van der Waals surface area (Å²) in [5, 5.41) is 0. The van der Waals surface area contributed by atoms with Gasteiger partial charge >= 0.3 is 0 Å². The summed E-state index contributed by atoms with van der Waals surface area (Å²) in [6.45, 7) is 6.72. The summed E-state index contributed by atoms with van der Waals surface area (Å²) >= 11 is 0. The minimum Gasteiger partial charge on any atom is -0.820 e. The molecule has 0 saturated heterocycles. The molecule has 0 amide bonds. The monoisotopic (exact) mass is 372 g/mol. The van der Waals surface area contributed by atoms with E-state index in [1.165, 1.54) is 25.7 Å². The SMILES string of the molecule is CCCCn1cc[n+](C)c1.CCCCn1cc[n+](C)c1.COP([O-])[O-]. The maximum atomic E-state index is 9.18. The molecule has 0 aliphatic carbocycles. The van der Waals surface area contributed by atoms with E-state index in [1.54, 1.807) is 0 Å². The Hall–Kier alpha value is -1.27. The zero-order chi connectivity index (χ0) is 19.1. The molecule has 7 nitrogen and oxygen atoms in total. The van der Waals surface area contributed by atoms with Crippen LogP contribution in [0.2, 0.25) is 0 Å². The first-order valence-corrected chi connectivity index (χ1v) is 9.72. The minimum atomic E-state index is -2.60. The smallest absolute Gasteiger partial charge is 0.243 e. The summed E-state index contributed by atoms with van der Waals surface area (Å²) in [7, 11) is 2.59. The first kappa shape index (κ1) is 23.7. The molecule has 8 heteroatoms. The fraction of sp³-hybridized carbons (Fsp3) is 0.647. The van der Waals surface area contributed by atoms with Gasteiger partial charge < -0.3 is 14.3 Å². The van der Waals surface area contributed by atoms with Crippen LogP contribution in [0.3, 0.4) is 0 Å². The van der Waals surface area contributed by atoms with Gasteiger partial charge in [0.25, 0.3) is 0 Å². The molecule has 25 heavy (non-hydrogen) atoms. The molecule has 0 N–H and O–H groups in total. The van der Waals surface area contributed by atoms with Gasteiger partial charge in [-0.3, -0.25) is 0 Å². The maximum absolute atomic E-state index is 9.18. The third-order valence-electron chi connectivity index (χ3n) is 3.34. The second kappa shape index (κ2) is 15.0. The van der Waals surface area contributed by atoms with E-state index in [4.69, 9.17) is 0 Å². The molecule has 2 aromatic rings. The first-order chi connectivity index (χ1) is 11.9. The van der Waals surface area contributed by atoms with E-state index in [1.807, 2.05) is 14.1 Å². The van der Waals surface area contributed by atoms with E-state index in [9.17, 15) is 9.79 Å². The molecular formula is C17H33N4O3P. The van der Waals surface area contributed by atoms with Crippen molar-refractivity contribution >= 4 is 8.60 Å². The van der Waals surface area contributed by atoms with Gasteiger partial charge in [-0.25, -0.2) is 18.3 Å². The van der Waals surface area contributed by atoms with E-state index >= 15 is 0 Å². The number of nitrogens with zero attached hydrogens (tertiary/aromatic N) is 4. The van der Waals surface area contributed by atoms with Crippen molar-refractivity contribution in [3.63, 3.8) is 0 Å². The van der Waals surface area contributed by atoms with Gasteiger partial charge in [-0.1, -0.05) is 26.7 Å². The lowest BCUT2D eigenvalue weighted by Crippen LogP contribution is -2.23. The molecule has 2 rings (SSSR count). The largest absolute Gasteiger partial charge is 0.820 e. The Morgan fingerprint density at radius 1 is 0.880 bits per heavy atom. The van der Waals surface area contributed by atoms with Gasteiger partial charge in [0, 0.05) is 7.11 Å². The predicted octanol–water partition coefficient (Wildman–Crippen LogP) is 0.806. The van der Waals surface area contributed by atoms with Crippen molar-refractivity contribution in [2.24, 2.45) is 14.1 Å². The van der Waals surface area contributed by atoms with Crippen LogP contribution < -0.4 is 18.9 Å². The average molecular weight is 372 g/mol. The molecule has 0 atom stereocenters. The third-order valence-corrected chi connectivity index (χ3v) is 3.63. The summed E-state index contributed by atoms with van der Waals surface area (Å²) < 4.78 is 12.3. The van der Waals surface area contributed by atoms with Crippen molar-refractivity contribution in [3.8, 4) is 0 Å². The van der Waals surface area contributed by atoms with Gasteiger partial charge in [0.2, 0.25) is 12.7 Å². The topological polar surface area (TPSA) is 73.0 Å². The van der Waals surface area contributed by atoms with E-state index in [2.05, 4.69) is 74.1 Å². The van der Waals surface area contributed by atoms with Crippen LogP contribution in [-0.4, -0.2) is 16.2 Å². The van der Waals surface area contributed by atoms with Gasteiger partial charge in [-0.15, -0.1) is 0 Å². The Kier molecular flexibility index (Phi) is 14.3. The molecule has 2 heterocycles. The van der Waals surface area contributed by atoms with Crippen molar-refractivity contribution in [2.45, 2.75) is 52.6 Å². The van der Waals surface area contributed by atoms with Crippen LogP contribution >= 0.6 is 8.60 Å². The van der Waals surface area contributed by atoms with Crippen LogP contribution in [0.1, 0.15) is 39.5 Å². The summed E-state index contributed by atoms with van der Waals surface area (Å²) in [6, 6.07) is 0. The Morgan fingerprint density at radius 2 is 1.24 bits per heavy atom. The average Bonchev–Trinajstić information content (AvgIpc) is 3.20. The molecule has 0 spiro atoms.